The van der Waals surface area contributed by atoms with Crippen LogP contribution in [0.1, 0.15) is 38.7 Å². The lowest BCUT2D eigenvalue weighted by Crippen LogP contribution is -2.33. The van der Waals surface area contributed by atoms with Gasteiger partial charge in [-0.2, -0.15) is 0 Å². The van der Waals surface area contributed by atoms with Gasteiger partial charge < -0.3 is 5.32 Å². The average Bonchev–Trinajstić information content (AvgIpc) is 2.35. The van der Waals surface area contributed by atoms with Crippen molar-refractivity contribution in [1.29, 1.82) is 0 Å². The highest BCUT2D eigenvalue weighted by molar-refractivity contribution is 5.76. The van der Waals surface area contributed by atoms with E-state index in [4.69, 9.17) is 0 Å². The lowest BCUT2D eigenvalue weighted by atomic mass is 10.1. The van der Waals surface area contributed by atoms with Gasteiger partial charge in [-0.25, -0.2) is 4.39 Å². The third kappa shape index (κ3) is 4.55. The SMILES string of the molecule is CCC(CC)NC(=O)CCc1ccccc1F. The number of carbonyl (C=O) groups is 1. The predicted molar refractivity (Wildman–Crippen MR) is 67.2 cm³/mol. The molecule has 0 aromatic heterocycles. The normalized spacial score (nSPS) is 10.6. The fraction of sp³-hybridized carbons (Fsp3) is 0.500. The summed E-state index contributed by atoms with van der Waals surface area (Å²) in [7, 11) is 0. The minimum atomic E-state index is -0.233. The maximum atomic E-state index is 13.3. The summed E-state index contributed by atoms with van der Waals surface area (Å²) >= 11 is 0. The first-order valence-corrected chi connectivity index (χ1v) is 6.20. The number of hydrogen-bond donors (Lipinski definition) is 1. The third-order valence-electron chi connectivity index (χ3n) is 2.93. The number of rotatable bonds is 6. The van der Waals surface area contributed by atoms with E-state index in [0.717, 1.165) is 12.8 Å². The molecular formula is C14H20FNO. The summed E-state index contributed by atoms with van der Waals surface area (Å²) in [5.74, 6) is -0.232. The predicted octanol–water partition coefficient (Wildman–Crippen LogP) is 3.06. The van der Waals surface area contributed by atoms with Crippen LogP contribution in [0.25, 0.3) is 0 Å². The van der Waals surface area contributed by atoms with Crippen molar-refractivity contribution >= 4 is 5.91 Å². The fourth-order valence-electron chi connectivity index (χ4n) is 1.74. The molecule has 0 atom stereocenters. The van der Waals surface area contributed by atoms with Gasteiger partial charge in [-0.15, -0.1) is 0 Å². The van der Waals surface area contributed by atoms with Crippen LogP contribution < -0.4 is 5.32 Å². The van der Waals surface area contributed by atoms with E-state index in [1.807, 2.05) is 13.8 Å². The molecule has 94 valence electrons. The van der Waals surface area contributed by atoms with Crippen LogP contribution >= 0.6 is 0 Å². The van der Waals surface area contributed by atoms with E-state index in [0.29, 0.717) is 18.4 Å². The Morgan fingerprint density at radius 3 is 2.53 bits per heavy atom. The van der Waals surface area contributed by atoms with Gasteiger partial charge in [0.05, 0.1) is 0 Å². The quantitative estimate of drug-likeness (QED) is 0.809. The molecule has 0 spiro atoms. The van der Waals surface area contributed by atoms with Crippen LogP contribution in [0.15, 0.2) is 24.3 Å². The minimum absolute atomic E-state index is 0.00181. The van der Waals surface area contributed by atoms with E-state index in [9.17, 15) is 9.18 Å². The van der Waals surface area contributed by atoms with Crippen molar-refractivity contribution in [2.75, 3.05) is 0 Å². The summed E-state index contributed by atoms with van der Waals surface area (Å²) in [6.07, 6.45) is 2.67. The Labute approximate surface area is 102 Å². The van der Waals surface area contributed by atoms with Gasteiger partial charge in [0.2, 0.25) is 5.91 Å². The molecule has 3 heteroatoms. The minimum Gasteiger partial charge on any atom is -0.353 e. The molecule has 0 bridgehead atoms. The van der Waals surface area contributed by atoms with Crippen molar-refractivity contribution < 1.29 is 9.18 Å². The maximum Gasteiger partial charge on any atom is 0.220 e. The lowest BCUT2D eigenvalue weighted by Gasteiger charge is -2.14. The molecule has 0 radical (unpaired) electrons. The highest BCUT2D eigenvalue weighted by Crippen LogP contribution is 2.09. The largest absolute Gasteiger partial charge is 0.353 e. The number of benzene rings is 1. The molecule has 17 heavy (non-hydrogen) atoms. The first-order chi connectivity index (χ1) is 8.17. The Morgan fingerprint density at radius 2 is 1.94 bits per heavy atom. The van der Waals surface area contributed by atoms with Crippen molar-refractivity contribution in [3.63, 3.8) is 0 Å². The van der Waals surface area contributed by atoms with Gasteiger partial charge in [-0.05, 0) is 30.9 Å². The van der Waals surface area contributed by atoms with Crippen LogP contribution in [0, 0.1) is 5.82 Å². The van der Waals surface area contributed by atoms with E-state index >= 15 is 0 Å². The van der Waals surface area contributed by atoms with Crippen molar-refractivity contribution in [2.45, 2.75) is 45.6 Å². The second-order valence-electron chi connectivity index (χ2n) is 4.17. The van der Waals surface area contributed by atoms with Gasteiger partial charge in [-0.3, -0.25) is 4.79 Å². The Balaban J connectivity index is 2.41. The monoisotopic (exact) mass is 237 g/mol. The van der Waals surface area contributed by atoms with E-state index in [2.05, 4.69) is 5.32 Å². The van der Waals surface area contributed by atoms with E-state index < -0.39 is 0 Å². The third-order valence-corrected chi connectivity index (χ3v) is 2.93. The summed E-state index contributed by atoms with van der Waals surface area (Å²) in [5, 5.41) is 2.94. The molecule has 2 nitrogen and oxygen atoms in total. The van der Waals surface area contributed by atoms with Crippen LogP contribution in [-0.4, -0.2) is 11.9 Å². The molecule has 0 fully saturated rings. The summed E-state index contributed by atoms with van der Waals surface area (Å²) < 4.78 is 13.3. The van der Waals surface area contributed by atoms with Crippen LogP contribution in [0.2, 0.25) is 0 Å². The Morgan fingerprint density at radius 1 is 1.29 bits per heavy atom. The summed E-state index contributed by atoms with van der Waals surface area (Å²) in [4.78, 5) is 11.6. The zero-order valence-electron chi connectivity index (χ0n) is 10.5. The van der Waals surface area contributed by atoms with Crippen LogP contribution in [0.3, 0.4) is 0 Å². The van der Waals surface area contributed by atoms with Crippen LogP contribution in [0.5, 0.6) is 0 Å². The van der Waals surface area contributed by atoms with Gasteiger partial charge >= 0.3 is 0 Å². The van der Waals surface area contributed by atoms with E-state index in [1.54, 1.807) is 18.2 Å². The van der Waals surface area contributed by atoms with E-state index in [-0.39, 0.29) is 17.8 Å². The van der Waals surface area contributed by atoms with Crippen molar-refractivity contribution in [2.24, 2.45) is 0 Å². The number of nitrogens with one attached hydrogen (secondary N) is 1. The second kappa shape index (κ2) is 7.05. The molecule has 1 amide bonds. The molecule has 1 N–H and O–H groups in total. The Kier molecular flexibility index (Phi) is 5.67. The fourth-order valence-corrected chi connectivity index (χ4v) is 1.74. The molecule has 0 unspecified atom stereocenters. The topological polar surface area (TPSA) is 29.1 Å². The van der Waals surface area contributed by atoms with Gasteiger partial charge in [0.25, 0.3) is 0 Å². The number of aryl methyl sites for hydroxylation is 1. The Hall–Kier alpha value is -1.38. The molecule has 0 saturated heterocycles. The zero-order chi connectivity index (χ0) is 12.7. The lowest BCUT2D eigenvalue weighted by molar-refractivity contribution is -0.121. The molecule has 0 saturated carbocycles. The molecule has 0 aliphatic rings. The second-order valence-corrected chi connectivity index (χ2v) is 4.17. The van der Waals surface area contributed by atoms with Gasteiger partial charge in [0.15, 0.2) is 0 Å². The van der Waals surface area contributed by atoms with Crippen LogP contribution in [0.4, 0.5) is 4.39 Å². The van der Waals surface area contributed by atoms with Crippen molar-refractivity contribution in [3.05, 3.63) is 35.6 Å². The highest BCUT2D eigenvalue weighted by atomic mass is 19.1. The molecule has 0 aliphatic heterocycles. The number of amides is 1. The molecule has 1 aromatic rings. The van der Waals surface area contributed by atoms with Gasteiger partial charge in [0.1, 0.15) is 5.82 Å². The summed E-state index contributed by atoms with van der Waals surface area (Å²) in [5.41, 5.74) is 0.604. The molecule has 0 aliphatic carbocycles. The zero-order valence-corrected chi connectivity index (χ0v) is 10.5. The standard InChI is InChI=1S/C14H20FNO/c1-3-12(4-2)16-14(17)10-9-11-7-5-6-8-13(11)15/h5-8,12H,3-4,9-10H2,1-2H3,(H,16,17). The van der Waals surface area contributed by atoms with Gasteiger partial charge in [-0.1, -0.05) is 32.0 Å². The molecule has 1 aromatic carbocycles. The number of carbonyl (C=O) groups excluding carboxylic acids is 1. The first-order valence-electron chi connectivity index (χ1n) is 6.20. The smallest absolute Gasteiger partial charge is 0.220 e. The first kappa shape index (κ1) is 13.7. The van der Waals surface area contributed by atoms with Crippen molar-refractivity contribution in [1.82, 2.24) is 5.32 Å². The number of halogens is 1. The molecule has 1 rings (SSSR count). The molecule has 0 heterocycles. The average molecular weight is 237 g/mol. The molecular weight excluding hydrogens is 217 g/mol. The summed E-state index contributed by atoms with van der Waals surface area (Å²) in [6.45, 7) is 4.09. The summed E-state index contributed by atoms with van der Waals surface area (Å²) in [6, 6.07) is 6.83. The Bertz CT molecular complexity index is 361. The van der Waals surface area contributed by atoms with Gasteiger partial charge in [0, 0.05) is 12.5 Å². The van der Waals surface area contributed by atoms with E-state index in [1.165, 1.54) is 6.07 Å². The van der Waals surface area contributed by atoms with Crippen LogP contribution in [-0.2, 0) is 11.2 Å². The highest BCUT2D eigenvalue weighted by Gasteiger charge is 2.09. The maximum absolute atomic E-state index is 13.3. The number of hydrogen-bond acceptors (Lipinski definition) is 1. The van der Waals surface area contributed by atoms with Crippen molar-refractivity contribution in [3.8, 4) is 0 Å².